The topological polar surface area (TPSA) is 183 Å². The second-order valence-electron chi connectivity index (χ2n) is 14.7. The molecule has 0 bridgehead atoms. The summed E-state index contributed by atoms with van der Waals surface area (Å²) in [4.78, 5) is 77.6. The van der Waals surface area contributed by atoms with Crippen LogP contribution in [0.1, 0.15) is 103 Å². The van der Waals surface area contributed by atoms with Crippen molar-refractivity contribution in [3.05, 3.63) is 24.3 Å². The Morgan fingerprint density at radius 3 is 2.32 bits per heavy atom. The standard InChI is InChI=1S/C34H53N7O6/c1-7-10-23(27(42)32(46)37-21-13-14-21)38-31(45)26-22-12-9-11-20(22)18-41(26)33(47)28(34(4,5)6)40-30(44)25(19(3)8-2)39-29(43)24-17-35-15-16-36-24/h15-17,19-23,25-28,42H,7-14,18H2,1-6H3,(H,37,46)(H,38,45)(H,39,43)(H,40,44)/t19?,20-,22-,23-,25-,26-,27?,28+/m0/s1. The van der Waals surface area contributed by atoms with Gasteiger partial charge in [0.25, 0.3) is 11.8 Å². The number of hydrogen-bond acceptors (Lipinski definition) is 8. The van der Waals surface area contributed by atoms with Gasteiger partial charge in [-0.25, -0.2) is 4.98 Å². The van der Waals surface area contributed by atoms with E-state index in [0.717, 1.165) is 32.1 Å². The highest BCUT2D eigenvalue weighted by Crippen LogP contribution is 2.43. The number of rotatable bonds is 14. The second-order valence-corrected chi connectivity index (χ2v) is 14.7. The van der Waals surface area contributed by atoms with Gasteiger partial charge in [-0.05, 0) is 55.3 Å². The van der Waals surface area contributed by atoms with Crippen LogP contribution in [0.15, 0.2) is 18.6 Å². The van der Waals surface area contributed by atoms with Gasteiger partial charge in [0.05, 0.1) is 12.2 Å². The Hall–Kier alpha value is -3.61. The van der Waals surface area contributed by atoms with Crippen LogP contribution in [0.5, 0.6) is 0 Å². The molecule has 2 aliphatic carbocycles. The molecule has 8 atom stereocenters. The molecule has 13 heteroatoms. The summed E-state index contributed by atoms with van der Waals surface area (Å²) >= 11 is 0. The second kappa shape index (κ2) is 15.5. The molecule has 2 unspecified atom stereocenters. The summed E-state index contributed by atoms with van der Waals surface area (Å²) in [5, 5.41) is 22.4. The molecular formula is C34H53N7O6. The first-order chi connectivity index (χ1) is 22.3. The number of amides is 5. The molecular weight excluding hydrogens is 602 g/mol. The Morgan fingerprint density at radius 2 is 1.72 bits per heavy atom. The maximum absolute atomic E-state index is 14.5. The molecule has 0 radical (unpaired) electrons. The number of nitrogens with one attached hydrogen (secondary N) is 4. The van der Waals surface area contributed by atoms with E-state index in [-0.39, 0.29) is 35.4 Å². The molecule has 13 nitrogen and oxygen atoms in total. The maximum Gasteiger partial charge on any atom is 0.272 e. The number of aromatic nitrogens is 2. The van der Waals surface area contributed by atoms with Crippen molar-refractivity contribution in [2.75, 3.05) is 6.54 Å². The largest absolute Gasteiger partial charge is 0.381 e. The fourth-order valence-corrected chi connectivity index (χ4v) is 6.83. The molecule has 2 saturated carbocycles. The van der Waals surface area contributed by atoms with E-state index in [2.05, 4.69) is 31.2 Å². The Bertz CT molecular complexity index is 1280. The molecule has 1 aromatic heterocycles. The number of likely N-dealkylation sites (tertiary alicyclic amines) is 1. The van der Waals surface area contributed by atoms with Crippen molar-refractivity contribution in [3.8, 4) is 0 Å². The first-order valence-electron chi connectivity index (χ1n) is 17.2. The monoisotopic (exact) mass is 655 g/mol. The first-order valence-corrected chi connectivity index (χ1v) is 17.2. The summed E-state index contributed by atoms with van der Waals surface area (Å²) in [7, 11) is 0. The van der Waals surface area contributed by atoms with Gasteiger partial charge in [-0.1, -0.05) is 60.8 Å². The molecule has 5 N–H and O–H groups in total. The van der Waals surface area contributed by atoms with E-state index in [9.17, 15) is 29.1 Å². The molecule has 260 valence electrons. The Morgan fingerprint density at radius 1 is 1.00 bits per heavy atom. The Kier molecular flexibility index (Phi) is 12.0. The van der Waals surface area contributed by atoms with Crippen LogP contribution in [-0.2, 0) is 19.2 Å². The summed E-state index contributed by atoms with van der Waals surface area (Å²) in [5.41, 5.74) is -0.659. The lowest BCUT2D eigenvalue weighted by Gasteiger charge is -2.38. The fraction of sp³-hybridized carbons (Fsp3) is 0.735. The molecule has 4 rings (SSSR count). The van der Waals surface area contributed by atoms with Gasteiger partial charge in [0, 0.05) is 25.0 Å². The van der Waals surface area contributed by atoms with Crippen molar-refractivity contribution in [2.24, 2.45) is 23.2 Å². The molecule has 0 aromatic carbocycles. The number of carbonyl (C=O) groups excluding carboxylic acids is 5. The predicted octanol–water partition coefficient (Wildman–Crippen LogP) is 1.70. The Balaban J connectivity index is 1.54. The minimum atomic E-state index is -1.40. The predicted molar refractivity (Wildman–Crippen MR) is 174 cm³/mol. The van der Waals surface area contributed by atoms with E-state index in [1.807, 2.05) is 41.5 Å². The van der Waals surface area contributed by atoms with Crippen molar-refractivity contribution in [1.29, 1.82) is 0 Å². The zero-order chi connectivity index (χ0) is 34.5. The van der Waals surface area contributed by atoms with Gasteiger partial charge in [0.15, 0.2) is 6.10 Å². The van der Waals surface area contributed by atoms with E-state index in [4.69, 9.17) is 0 Å². The number of aliphatic hydroxyl groups is 1. The van der Waals surface area contributed by atoms with Crippen LogP contribution < -0.4 is 21.3 Å². The molecule has 47 heavy (non-hydrogen) atoms. The normalized spacial score (nSPS) is 23.9. The van der Waals surface area contributed by atoms with Crippen LogP contribution in [0.4, 0.5) is 0 Å². The highest BCUT2D eigenvalue weighted by atomic mass is 16.3. The average Bonchev–Trinajstić information content (AvgIpc) is 3.61. The zero-order valence-electron chi connectivity index (χ0n) is 28.6. The van der Waals surface area contributed by atoms with E-state index in [1.54, 1.807) is 4.90 Å². The SMILES string of the molecule is CCC[C@H](NC(=O)[C@@H]1[C@H]2CCC[C@H]2CN1C(=O)[C@@H](NC(=O)[C@@H](NC(=O)c1cnccn1)C(C)CC)C(C)(C)C)C(O)C(=O)NC1CC1. The highest BCUT2D eigenvalue weighted by molar-refractivity contribution is 5.98. The summed E-state index contributed by atoms with van der Waals surface area (Å²) in [6, 6.07) is -3.46. The van der Waals surface area contributed by atoms with Crippen molar-refractivity contribution in [3.63, 3.8) is 0 Å². The highest BCUT2D eigenvalue weighted by Gasteiger charge is 2.52. The van der Waals surface area contributed by atoms with Crippen molar-refractivity contribution < 1.29 is 29.1 Å². The quantitative estimate of drug-likeness (QED) is 0.201. The summed E-state index contributed by atoms with van der Waals surface area (Å²) in [6.07, 6.45) is 8.78. The number of nitrogens with zero attached hydrogens (tertiary/aromatic N) is 3. The summed E-state index contributed by atoms with van der Waals surface area (Å²) in [6.45, 7) is 11.6. The van der Waals surface area contributed by atoms with E-state index >= 15 is 0 Å². The molecule has 3 aliphatic rings. The van der Waals surface area contributed by atoms with Crippen LogP contribution in [0.2, 0.25) is 0 Å². The summed E-state index contributed by atoms with van der Waals surface area (Å²) < 4.78 is 0. The van der Waals surface area contributed by atoms with E-state index in [0.29, 0.717) is 25.8 Å². The van der Waals surface area contributed by atoms with Gasteiger partial charge in [-0.3, -0.25) is 29.0 Å². The van der Waals surface area contributed by atoms with Crippen molar-refractivity contribution in [2.45, 2.75) is 129 Å². The summed E-state index contributed by atoms with van der Waals surface area (Å²) in [5.74, 6) is -2.49. The van der Waals surface area contributed by atoms with E-state index < -0.39 is 59.3 Å². The smallest absolute Gasteiger partial charge is 0.272 e. The van der Waals surface area contributed by atoms with Gasteiger partial charge in [0.2, 0.25) is 17.7 Å². The fourth-order valence-electron chi connectivity index (χ4n) is 6.83. The van der Waals surface area contributed by atoms with Gasteiger partial charge in [0.1, 0.15) is 23.8 Å². The molecule has 1 aliphatic heterocycles. The van der Waals surface area contributed by atoms with Crippen LogP contribution in [0, 0.1) is 23.2 Å². The maximum atomic E-state index is 14.5. The van der Waals surface area contributed by atoms with Crippen molar-refractivity contribution >= 4 is 29.5 Å². The van der Waals surface area contributed by atoms with Crippen LogP contribution >= 0.6 is 0 Å². The van der Waals surface area contributed by atoms with Crippen LogP contribution in [0.25, 0.3) is 0 Å². The van der Waals surface area contributed by atoms with Gasteiger partial charge in [-0.15, -0.1) is 0 Å². The van der Waals surface area contributed by atoms with Crippen LogP contribution in [-0.4, -0.2) is 92.4 Å². The van der Waals surface area contributed by atoms with E-state index in [1.165, 1.54) is 18.6 Å². The van der Waals surface area contributed by atoms with Gasteiger partial charge in [-0.2, -0.15) is 0 Å². The molecule has 2 heterocycles. The number of aliphatic hydroxyl groups excluding tert-OH is 1. The third kappa shape index (κ3) is 8.85. The molecule has 0 spiro atoms. The number of fused-ring (bicyclic) bond motifs is 1. The average molecular weight is 656 g/mol. The van der Waals surface area contributed by atoms with Crippen molar-refractivity contribution in [1.82, 2.24) is 36.1 Å². The Labute approximate surface area is 277 Å². The van der Waals surface area contributed by atoms with Crippen LogP contribution in [0.3, 0.4) is 0 Å². The molecule has 1 saturated heterocycles. The lowest BCUT2D eigenvalue weighted by molar-refractivity contribution is -0.145. The number of carbonyl (C=O) groups is 5. The first kappa shape index (κ1) is 36.2. The molecule has 5 amide bonds. The zero-order valence-corrected chi connectivity index (χ0v) is 28.6. The lowest BCUT2D eigenvalue weighted by atomic mass is 9.84. The minimum Gasteiger partial charge on any atom is -0.381 e. The molecule has 3 fully saturated rings. The number of hydrogen-bond donors (Lipinski definition) is 5. The van der Waals surface area contributed by atoms with Gasteiger partial charge >= 0.3 is 0 Å². The van der Waals surface area contributed by atoms with Gasteiger partial charge < -0.3 is 31.3 Å². The third-order valence-corrected chi connectivity index (χ3v) is 9.92. The lowest BCUT2D eigenvalue weighted by Crippen LogP contribution is -2.62. The third-order valence-electron chi connectivity index (χ3n) is 9.92. The minimum absolute atomic E-state index is 0.0610. The molecule has 1 aromatic rings.